The number of rotatable bonds is 4. The first-order chi connectivity index (χ1) is 11.3. The van der Waals surface area contributed by atoms with Crippen LogP contribution in [0.3, 0.4) is 0 Å². The van der Waals surface area contributed by atoms with Crippen LogP contribution >= 0.6 is 10.3 Å². The van der Waals surface area contributed by atoms with Gasteiger partial charge in [0.2, 0.25) is 0 Å². The van der Waals surface area contributed by atoms with Gasteiger partial charge >= 0.3 is 6.19 Å². The number of nitrogens with zero attached hydrogens (tertiary/aromatic N) is 3. The van der Waals surface area contributed by atoms with Gasteiger partial charge in [0.25, 0.3) is 0 Å². The van der Waals surface area contributed by atoms with Crippen LogP contribution in [0, 0.1) is 17.2 Å². The number of nitriles is 1. The van der Waals surface area contributed by atoms with E-state index in [1.54, 1.807) is 0 Å². The molecule has 0 spiro atoms. The predicted octanol–water partition coefficient (Wildman–Crippen LogP) is 3.51. The van der Waals surface area contributed by atoms with Crippen molar-refractivity contribution >= 4 is 27.9 Å². The van der Waals surface area contributed by atoms with Gasteiger partial charge in [-0.15, -0.1) is 0 Å². The topological polar surface area (TPSA) is 50.8 Å². The maximum atomic E-state index is 9.23. The summed E-state index contributed by atoms with van der Waals surface area (Å²) in [7, 11) is -0.138. The molecule has 0 radical (unpaired) electrons. The maximum absolute atomic E-state index is 9.23. The minimum atomic E-state index is -0.206. The van der Waals surface area contributed by atoms with Crippen LogP contribution in [-0.4, -0.2) is 32.2 Å². The third-order valence-corrected chi connectivity index (χ3v) is 8.93. The Morgan fingerprint density at radius 1 is 1.46 bits per heavy atom. The Kier molecular flexibility index (Phi) is 4.70. The van der Waals surface area contributed by atoms with Gasteiger partial charge < -0.3 is 4.65 Å². The normalized spacial score (nSPS) is 27.3. The van der Waals surface area contributed by atoms with Crippen LogP contribution in [0.1, 0.15) is 65.8 Å². The van der Waals surface area contributed by atoms with Gasteiger partial charge in [0.1, 0.15) is 0 Å². The third-order valence-electron chi connectivity index (χ3n) is 6.24. The van der Waals surface area contributed by atoms with Gasteiger partial charge in [0.05, 0.1) is 24.1 Å². The molecular weight excluding hydrogens is 317 g/mol. The maximum Gasteiger partial charge on any atom is 0.395 e. The number of hydrogen-bond donors (Lipinski definition) is 0. The van der Waals surface area contributed by atoms with Crippen LogP contribution < -0.4 is 5.46 Å². The molecule has 1 saturated carbocycles. The van der Waals surface area contributed by atoms with Gasteiger partial charge in [-0.05, 0) is 46.5 Å². The molecule has 4 nitrogen and oxygen atoms in total. The lowest BCUT2D eigenvalue weighted by molar-refractivity contribution is 0.0938. The van der Waals surface area contributed by atoms with Crippen molar-refractivity contribution in [3.8, 4) is 6.07 Å². The van der Waals surface area contributed by atoms with Crippen molar-refractivity contribution in [2.24, 2.45) is 5.92 Å². The van der Waals surface area contributed by atoms with Crippen molar-refractivity contribution in [3.05, 3.63) is 12.4 Å². The molecule has 1 saturated heterocycles. The van der Waals surface area contributed by atoms with E-state index in [1.165, 1.54) is 25.7 Å². The molecular formula is C18H28BN3OS. The van der Waals surface area contributed by atoms with Crippen molar-refractivity contribution in [3.63, 3.8) is 0 Å². The average molecular weight is 345 g/mol. The number of hydrogen-bond acceptors (Lipinski definition) is 3. The molecule has 0 aromatic carbocycles. The van der Waals surface area contributed by atoms with Gasteiger partial charge in [-0.2, -0.15) is 20.7 Å². The van der Waals surface area contributed by atoms with Gasteiger partial charge in [-0.3, -0.25) is 4.68 Å². The molecule has 1 aromatic rings. The van der Waals surface area contributed by atoms with Crippen LogP contribution in [0.4, 0.5) is 0 Å². The first kappa shape index (κ1) is 17.8. The molecule has 2 aliphatic rings. The number of aromatic nitrogens is 2. The highest BCUT2D eigenvalue weighted by Crippen LogP contribution is 2.50. The van der Waals surface area contributed by atoms with E-state index < -0.39 is 0 Å². The summed E-state index contributed by atoms with van der Waals surface area (Å²) in [5.74, 6) is 5.00. The largest absolute Gasteiger partial charge is 0.416 e. The lowest BCUT2D eigenvalue weighted by Gasteiger charge is -2.34. The summed E-state index contributed by atoms with van der Waals surface area (Å²) < 4.78 is 8.42. The van der Waals surface area contributed by atoms with E-state index in [0.29, 0.717) is 12.3 Å². The fourth-order valence-corrected chi connectivity index (χ4v) is 5.87. The first-order valence-corrected chi connectivity index (χ1v) is 10.4. The third kappa shape index (κ3) is 2.86. The summed E-state index contributed by atoms with van der Waals surface area (Å²) in [6, 6.07) is 2.55. The summed E-state index contributed by atoms with van der Waals surface area (Å²) in [6.07, 6.45) is 9.52. The van der Waals surface area contributed by atoms with E-state index in [1.807, 2.05) is 10.9 Å². The molecule has 2 fully saturated rings. The first-order valence-electron chi connectivity index (χ1n) is 8.89. The molecule has 2 heterocycles. The summed E-state index contributed by atoms with van der Waals surface area (Å²) in [4.78, 5) is 0. The molecule has 1 aromatic heterocycles. The molecule has 0 bridgehead atoms. The highest BCUT2D eigenvalue weighted by molar-refractivity contribution is 8.39. The molecule has 0 amide bonds. The summed E-state index contributed by atoms with van der Waals surface area (Å²) in [5, 5.41) is 13.8. The summed E-state index contributed by atoms with van der Waals surface area (Å²) >= 11 is 0. The van der Waals surface area contributed by atoms with Crippen LogP contribution in [0.2, 0.25) is 0 Å². The molecule has 24 heavy (non-hydrogen) atoms. The second kappa shape index (κ2) is 6.35. The Morgan fingerprint density at radius 2 is 2.12 bits per heavy atom. The predicted molar refractivity (Wildman–Crippen MR) is 103 cm³/mol. The highest BCUT2D eigenvalue weighted by atomic mass is 32.2. The van der Waals surface area contributed by atoms with Crippen LogP contribution in [0.25, 0.3) is 0 Å². The molecule has 1 aliphatic carbocycles. The Balaban J connectivity index is 1.85. The Bertz CT molecular complexity index is 670. The van der Waals surface area contributed by atoms with E-state index in [2.05, 4.69) is 50.9 Å². The Hall–Kier alpha value is -1.06. The molecule has 6 heteroatoms. The fraction of sp³-hybridized carbons (Fsp3) is 0.722. The van der Waals surface area contributed by atoms with Crippen molar-refractivity contribution in [1.82, 2.24) is 9.78 Å². The SMILES string of the molecule is C=S1B(c2cnn(C(CC#N)C3CCCC3)c2)OC(C)(C)C1(C)C. The van der Waals surface area contributed by atoms with E-state index in [9.17, 15) is 5.26 Å². The molecule has 3 rings (SSSR count). The second-order valence-electron chi connectivity index (χ2n) is 8.13. The van der Waals surface area contributed by atoms with Gasteiger partial charge in [0.15, 0.2) is 0 Å². The van der Waals surface area contributed by atoms with Crippen LogP contribution in [-0.2, 0) is 4.65 Å². The smallest absolute Gasteiger partial charge is 0.395 e. The highest BCUT2D eigenvalue weighted by Gasteiger charge is 2.53. The molecule has 130 valence electrons. The Morgan fingerprint density at radius 3 is 2.67 bits per heavy atom. The van der Waals surface area contributed by atoms with Crippen molar-refractivity contribution in [1.29, 1.82) is 5.26 Å². The van der Waals surface area contributed by atoms with Gasteiger partial charge in [0, 0.05) is 22.6 Å². The van der Waals surface area contributed by atoms with Crippen molar-refractivity contribution in [2.75, 3.05) is 0 Å². The molecule has 1 aliphatic heterocycles. The molecule has 0 N–H and O–H groups in total. The minimum absolute atomic E-state index is 0.00457. The van der Waals surface area contributed by atoms with Crippen LogP contribution in [0.5, 0.6) is 0 Å². The summed E-state index contributed by atoms with van der Waals surface area (Å²) in [6.45, 7) is 8.79. The lowest BCUT2D eigenvalue weighted by atomic mass is 9.86. The van der Waals surface area contributed by atoms with Gasteiger partial charge in [-0.1, -0.05) is 18.7 Å². The lowest BCUT2D eigenvalue weighted by Crippen LogP contribution is -2.40. The molecule has 2 unspecified atom stereocenters. The second-order valence-corrected chi connectivity index (χ2v) is 10.4. The zero-order chi connectivity index (χ0) is 17.5. The van der Waals surface area contributed by atoms with Gasteiger partial charge in [-0.25, -0.2) is 0 Å². The van der Waals surface area contributed by atoms with Crippen molar-refractivity contribution < 1.29 is 4.65 Å². The fourth-order valence-electron chi connectivity index (χ4n) is 3.85. The average Bonchev–Trinajstić information content (AvgIpc) is 3.23. The summed E-state index contributed by atoms with van der Waals surface area (Å²) in [5.41, 5.74) is 0.898. The minimum Gasteiger partial charge on any atom is -0.416 e. The standard InChI is InChI=1S/C18H28BN3OS/c1-17(2)18(3,4)24(5)19(23-17)15-12-21-22(13-15)16(10-11-20)14-8-6-7-9-14/h12-14,16H,5-10H2,1-4H3. The van der Waals surface area contributed by atoms with Crippen LogP contribution in [0.15, 0.2) is 12.4 Å². The monoisotopic (exact) mass is 345 g/mol. The molecule has 2 atom stereocenters. The van der Waals surface area contributed by atoms with E-state index in [-0.39, 0.29) is 32.9 Å². The van der Waals surface area contributed by atoms with Crippen molar-refractivity contribution in [2.45, 2.75) is 76.2 Å². The Labute approximate surface area is 148 Å². The zero-order valence-corrected chi connectivity index (χ0v) is 16.1. The zero-order valence-electron chi connectivity index (χ0n) is 15.3. The quantitative estimate of drug-likeness (QED) is 0.620. The van der Waals surface area contributed by atoms with E-state index in [0.717, 1.165) is 5.46 Å². The van der Waals surface area contributed by atoms with E-state index >= 15 is 0 Å². The van der Waals surface area contributed by atoms with E-state index in [4.69, 9.17) is 4.65 Å².